The van der Waals surface area contributed by atoms with Crippen molar-refractivity contribution in [1.29, 1.82) is 0 Å². The standard InChI is InChI=1S/C26H23FN8O4/c1-26(2,3)19-12-20(35(34-19)14-6-8-28-21(36)10-14)32-25(38)31-17-5-4-15(11-16(17)27)39-18-7-9-29-24-23(18)30-13-22(37)33-24/h4-13,23H,1-3H3,(H,28,36)(H2,31,32,38). The van der Waals surface area contributed by atoms with Crippen molar-refractivity contribution >= 4 is 41.7 Å². The number of aromatic amines is 1. The minimum Gasteiger partial charge on any atom is -0.459 e. The Morgan fingerprint density at radius 3 is 2.69 bits per heavy atom. The number of anilines is 2. The van der Waals surface area contributed by atoms with E-state index in [4.69, 9.17) is 4.74 Å². The Balaban J connectivity index is 1.32. The Morgan fingerprint density at radius 1 is 1.13 bits per heavy atom. The van der Waals surface area contributed by atoms with Crippen LogP contribution in [-0.4, -0.2) is 51.0 Å². The predicted molar refractivity (Wildman–Crippen MR) is 144 cm³/mol. The second kappa shape index (κ2) is 9.93. The number of amides is 3. The lowest BCUT2D eigenvalue weighted by atomic mass is 9.92. The van der Waals surface area contributed by atoms with Gasteiger partial charge in [0.25, 0.3) is 5.91 Å². The number of dihydropyridines is 1. The van der Waals surface area contributed by atoms with Gasteiger partial charge in [0, 0.05) is 36.0 Å². The van der Waals surface area contributed by atoms with Crippen molar-refractivity contribution in [2.45, 2.75) is 32.2 Å². The monoisotopic (exact) mass is 530 g/mol. The molecule has 2 aliphatic heterocycles. The first-order valence-corrected chi connectivity index (χ1v) is 11.8. The Labute approximate surface area is 221 Å². The molecule has 2 aromatic heterocycles. The maximum atomic E-state index is 14.9. The SMILES string of the molecule is CC(C)(C)c1cc(NC(=O)Nc2ccc(OC3=CC=NC4=NC(=O)C=NC34)cc2F)n(-c2cc[nH]c(=O)c2)n1. The van der Waals surface area contributed by atoms with E-state index >= 15 is 0 Å². The highest BCUT2D eigenvalue weighted by molar-refractivity contribution is 6.32. The van der Waals surface area contributed by atoms with Gasteiger partial charge in [-0.3, -0.25) is 19.9 Å². The Kier molecular flexibility index (Phi) is 6.48. The van der Waals surface area contributed by atoms with Crippen molar-refractivity contribution in [1.82, 2.24) is 14.8 Å². The lowest BCUT2D eigenvalue weighted by Crippen LogP contribution is -2.30. The number of H-pyrrole nitrogens is 1. The number of pyridine rings is 1. The van der Waals surface area contributed by atoms with Crippen LogP contribution in [0.5, 0.6) is 5.75 Å². The van der Waals surface area contributed by atoms with Gasteiger partial charge in [0.1, 0.15) is 23.1 Å². The molecule has 0 radical (unpaired) electrons. The van der Waals surface area contributed by atoms with Crippen molar-refractivity contribution in [3.8, 4) is 11.4 Å². The molecule has 12 nitrogen and oxygen atoms in total. The Hall–Kier alpha value is -5.20. The third kappa shape index (κ3) is 5.56. The summed E-state index contributed by atoms with van der Waals surface area (Å²) in [5, 5.41) is 9.69. The van der Waals surface area contributed by atoms with Gasteiger partial charge in [0.05, 0.1) is 23.3 Å². The van der Waals surface area contributed by atoms with Gasteiger partial charge in [-0.2, -0.15) is 10.1 Å². The summed E-state index contributed by atoms with van der Waals surface area (Å²) < 4.78 is 22.1. The zero-order valence-electron chi connectivity index (χ0n) is 21.1. The summed E-state index contributed by atoms with van der Waals surface area (Å²) in [6, 6.07) is 7.17. The van der Waals surface area contributed by atoms with Crippen LogP contribution in [0.1, 0.15) is 26.5 Å². The van der Waals surface area contributed by atoms with E-state index < -0.39 is 23.8 Å². The molecule has 3 aromatic rings. The van der Waals surface area contributed by atoms with E-state index in [1.54, 1.807) is 18.2 Å². The van der Waals surface area contributed by atoms with Gasteiger partial charge >= 0.3 is 6.03 Å². The fourth-order valence-corrected chi connectivity index (χ4v) is 3.74. The van der Waals surface area contributed by atoms with Crippen molar-refractivity contribution in [2.75, 3.05) is 10.6 Å². The van der Waals surface area contributed by atoms with Gasteiger partial charge in [0.15, 0.2) is 11.9 Å². The fraction of sp³-hybridized carbons (Fsp3) is 0.192. The number of allylic oxidation sites excluding steroid dienone is 1. The second-order valence-electron chi connectivity index (χ2n) is 9.65. The molecule has 39 heavy (non-hydrogen) atoms. The van der Waals surface area contributed by atoms with E-state index in [1.807, 2.05) is 20.8 Å². The highest BCUT2D eigenvalue weighted by Crippen LogP contribution is 2.28. The number of nitrogens with zero attached hydrogens (tertiary/aromatic N) is 5. The topological polar surface area (TPSA) is 155 Å². The molecule has 0 spiro atoms. The number of hydrogen-bond donors (Lipinski definition) is 3. The molecule has 0 saturated heterocycles. The third-order valence-electron chi connectivity index (χ3n) is 5.67. The van der Waals surface area contributed by atoms with Crippen LogP contribution >= 0.6 is 0 Å². The summed E-state index contributed by atoms with van der Waals surface area (Å²) in [5.74, 6) is -0.332. The summed E-state index contributed by atoms with van der Waals surface area (Å²) in [4.78, 5) is 50.5. The molecule has 0 fully saturated rings. The van der Waals surface area contributed by atoms with Crippen molar-refractivity contribution in [2.24, 2.45) is 15.0 Å². The van der Waals surface area contributed by atoms with Gasteiger partial charge < -0.3 is 15.0 Å². The summed E-state index contributed by atoms with van der Waals surface area (Å²) in [6.07, 6.45) is 5.51. The summed E-state index contributed by atoms with van der Waals surface area (Å²) in [7, 11) is 0. The molecule has 1 atom stereocenters. The molecular weight excluding hydrogens is 507 g/mol. The van der Waals surface area contributed by atoms with Crippen LogP contribution < -0.4 is 20.9 Å². The Morgan fingerprint density at radius 2 is 1.95 bits per heavy atom. The molecule has 13 heteroatoms. The number of aliphatic imine (C=N–C) groups is 3. The maximum absolute atomic E-state index is 14.9. The molecule has 1 unspecified atom stereocenters. The number of halogens is 1. The summed E-state index contributed by atoms with van der Waals surface area (Å²) >= 11 is 0. The molecule has 0 aliphatic carbocycles. The van der Waals surface area contributed by atoms with Crippen LogP contribution in [-0.2, 0) is 10.2 Å². The van der Waals surface area contributed by atoms with Crippen LogP contribution in [0.2, 0.25) is 0 Å². The van der Waals surface area contributed by atoms with Crippen LogP contribution in [0.4, 0.5) is 20.7 Å². The number of ether oxygens (including phenoxy) is 1. The minimum atomic E-state index is -0.748. The number of fused-ring (bicyclic) bond motifs is 1. The molecule has 3 N–H and O–H groups in total. The van der Waals surface area contributed by atoms with Crippen LogP contribution in [0.3, 0.4) is 0 Å². The number of amidine groups is 1. The number of carbonyl (C=O) groups is 2. The smallest absolute Gasteiger partial charge is 0.324 e. The minimum absolute atomic E-state index is 0.0964. The van der Waals surface area contributed by atoms with Crippen molar-refractivity contribution < 1.29 is 18.7 Å². The number of benzene rings is 1. The predicted octanol–water partition coefficient (Wildman–Crippen LogP) is 3.37. The first-order valence-electron chi connectivity index (χ1n) is 11.8. The van der Waals surface area contributed by atoms with E-state index in [9.17, 15) is 18.8 Å². The van der Waals surface area contributed by atoms with Gasteiger partial charge in [-0.05, 0) is 24.3 Å². The third-order valence-corrected chi connectivity index (χ3v) is 5.67. The zero-order valence-corrected chi connectivity index (χ0v) is 21.1. The summed E-state index contributed by atoms with van der Waals surface area (Å²) in [5.41, 5.74) is 0.350. The van der Waals surface area contributed by atoms with Crippen LogP contribution in [0, 0.1) is 5.82 Å². The largest absolute Gasteiger partial charge is 0.459 e. The van der Waals surface area contributed by atoms with Crippen LogP contribution in [0.25, 0.3) is 5.69 Å². The van der Waals surface area contributed by atoms with Crippen molar-refractivity contribution in [3.63, 3.8) is 0 Å². The highest BCUT2D eigenvalue weighted by atomic mass is 19.1. The quantitative estimate of drug-likeness (QED) is 0.461. The van der Waals surface area contributed by atoms with E-state index in [2.05, 4.69) is 35.7 Å². The van der Waals surface area contributed by atoms with Gasteiger partial charge in [-0.25, -0.2) is 18.9 Å². The molecule has 5 rings (SSSR count). The first-order chi connectivity index (χ1) is 18.6. The van der Waals surface area contributed by atoms with E-state index in [0.717, 1.165) is 12.3 Å². The summed E-state index contributed by atoms with van der Waals surface area (Å²) in [6.45, 7) is 5.89. The molecule has 0 saturated carbocycles. The molecule has 3 amide bonds. The molecule has 1 aromatic carbocycles. The molecule has 2 aliphatic rings. The Bertz CT molecular complexity index is 1660. The van der Waals surface area contributed by atoms with E-state index in [-0.39, 0.29) is 28.2 Å². The lowest BCUT2D eigenvalue weighted by Gasteiger charge is -2.20. The number of hydrogen-bond acceptors (Lipinski definition) is 7. The first kappa shape index (κ1) is 25.4. The van der Waals surface area contributed by atoms with Crippen molar-refractivity contribution in [3.05, 3.63) is 76.3 Å². The van der Waals surface area contributed by atoms with Gasteiger partial charge in [-0.15, -0.1) is 0 Å². The van der Waals surface area contributed by atoms with E-state index in [0.29, 0.717) is 23.0 Å². The average molecular weight is 531 g/mol. The van der Waals surface area contributed by atoms with Gasteiger partial charge in [0.2, 0.25) is 5.56 Å². The number of carbonyl (C=O) groups excluding carboxylic acids is 2. The average Bonchev–Trinajstić information content (AvgIpc) is 3.30. The van der Waals surface area contributed by atoms with Crippen LogP contribution in [0.15, 0.2) is 74.2 Å². The number of urea groups is 1. The number of aromatic nitrogens is 3. The van der Waals surface area contributed by atoms with Gasteiger partial charge in [-0.1, -0.05) is 20.8 Å². The maximum Gasteiger partial charge on any atom is 0.324 e. The second-order valence-corrected chi connectivity index (χ2v) is 9.65. The fourth-order valence-electron chi connectivity index (χ4n) is 3.74. The highest BCUT2D eigenvalue weighted by Gasteiger charge is 2.28. The number of rotatable bonds is 5. The van der Waals surface area contributed by atoms with E-state index in [1.165, 1.54) is 35.3 Å². The molecule has 198 valence electrons. The molecular formula is C26H23FN8O4. The number of nitrogens with one attached hydrogen (secondary N) is 3. The zero-order chi connectivity index (χ0) is 27.7. The lowest BCUT2D eigenvalue weighted by molar-refractivity contribution is -0.111. The molecule has 0 bridgehead atoms. The normalized spacial score (nSPS) is 16.3. The molecule has 4 heterocycles.